The van der Waals surface area contributed by atoms with Crippen LogP contribution >= 0.6 is 0 Å². The molecule has 0 aliphatic heterocycles. The van der Waals surface area contributed by atoms with Crippen molar-refractivity contribution in [2.75, 3.05) is 12.4 Å². The lowest BCUT2D eigenvalue weighted by molar-refractivity contribution is 0.572. The first kappa shape index (κ1) is 14.5. The molecule has 0 amide bonds. The van der Waals surface area contributed by atoms with Crippen LogP contribution in [-0.2, 0) is 6.42 Å². The Morgan fingerprint density at radius 3 is 2.77 bits per heavy atom. The number of aryl methyl sites for hydroxylation is 1. The average molecular weight is 296 g/mol. The molecule has 3 aromatic rings. The van der Waals surface area contributed by atoms with E-state index >= 15 is 0 Å². The van der Waals surface area contributed by atoms with Gasteiger partial charge in [-0.05, 0) is 30.5 Å². The fourth-order valence-electron chi connectivity index (χ4n) is 2.41. The van der Waals surface area contributed by atoms with Gasteiger partial charge < -0.3 is 9.73 Å². The molecule has 1 aromatic carbocycles. The van der Waals surface area contributed by atoms with E-state index in [-0.39, 0.29) is 0 Å². The molecule has 0 fully saturated rings. The smallest absolute Gasteiger partial charge is 0.181 e. The summed E-state index contributed by atoms with van der Waals surface area (Å²) in [6.45, 7) is 4.42. The van der Waals surface area contributed by atoms with Crippen molar-refractivity contribution < 1.29 is 4.42 Å². The van der Waals surface area contributed by atoms with Gasteiger partial charge in [0.05, 0.1) is 11.7 Å². The van der Waals surface area contributed by atoms with Crippen molar-refractivity contribution in [2.45, 2.75) is 26.7 Å². The maximum absolute atomic E-state index is 5.36. The Hall–Kier alpha value is -2.43. The first-order valence-corrected chi connectivity index (χ1v) is 7.54. The Balaban J connectivity index is 2.03. The van der Waals surface area contributed by atoms with Crippen LogP contribution in [0.25, 0.3) is 22.2 Å². The van der Waals surface area contributed by atoms with E-state index < -0.39 is 0 Å². The molecule has 3 rings (SSSR count). The summed E-state index contributed by atoms with van der Waals surface area (Å²) in [6.07, 6.45) is 5.12. The highest BCUT2D eigenvalue weighted by Gasteiger charge is 2.10. The molecule has 22 heavy (non-hydrogen) atoms. The van der Waals surface area contributed by atoms with Gasteiger partial charge in [-0.1, -0.05) is 13.8 Å². The molecule has 114 valence electrons. The van der Waals surface area contributed by atoms with E-state index in [0.29, 0.717) is 5.92 Å². The highest BCUT2D eigenvalue weighted by molar-refractivity contribution is 5.92. The van der Waals surface area contributed by atoms with Gasteiger partial charge in [-0.15, -0.1) is 0 Å². The summed E-state index contributed by atoms with van der Waals surface area (Å²) in [5, 5.41) is 4.16. The minimum atomic E-state index is 0.645. The normalized spacial score (nSPS) is 11.3. The van der Waals surface area contributed by atoms with Gasteiger partial charge in [0.2, 0.25) is 0 Å². The third-order valence-electron chi connectivity index (χ3n) is 3.64. The Kier molecular flexibility index (Phi) is 4.04. The van der Waals surface area contributed by atoms with Gasteiger partial charge in [-0.3, -0.25) is 0 Å². The molecule has 0 unspecified atom stereocenters. The second-order valence-electron chi connectivity index (χ2n) is 5.77. The van der Waals surface area contributed by atoms with Crippen LogP contribution in [0, 0.1) is 5.92 Å². The van der Waals surface area contributed by atoms with Gasteiger partial charge in [-0.25, -0.2) is 15.0 Å². The number of benzene rings is 1. The summed E-state index contributed by atoms with van der Waals surface area (Å²) in [6, 6.07) is 6.05. The van der Waals surface area contributed by atoms with Gasteiger partial charge in [0.1, 0.15) is 11.6 Å². The van der Waals surface area contributed by atoms with Crippen LogP contribution in [0.4, 0.5) is 5.82 Å². The minimum absolute atomic E-state index is 0.645. The predicted octanol–water partition coefficient (Wildman–Crippen LogP) is 3.92. The fraction of sp³-hybridized carbons (Fsp3) is 0.353. The number of hydrogen-bond donors (Lipinski definition) is 1. The Morgan fingerprint density at radius 1 is 1.23 bits per heavy atom. The van der Waals surface area contributed by atoms with Crippen molar-refractivity contribution in [3.63, 3.8) is 0 Å². The lowest BCUT2D eigenvalue weighted by atomic mass is 10.1. The zero-order chi connectivity index (χ0) is 15.5. The Morgan fingerprint density at radius 2 is 2.09 bits per heavy atom. The van der Waals surface area contributed by atoms with E-state index in [9.17, 15) is 0 Å². The van der Waals surface area contributed by atoms with Gasteiger partial charge in [0, 0.05) is 24.4 Å². The van der Waals surface area contributed by atoms with Crippen LogP contribution in [0.2, 0.25) is 0 Å². The summed E-state index contributed by atoms with van der Waals surface area (Å²) in [5.74, 6) is 3.13. The molecular formula is C17H20N4O. The molecule has 0 saturated heterocycles. The lowest BCUT2D eigenvalue weighted by Crippen LogP contribution is -2.03. The zero-order valence-corrected chi connectivity index (χ0v) is 13.1. The number of hydrogen-bond acceptors (Lipinski definition) is 5. The second-order valence-corrected chi connectivity index (χ2v) is 5.77. The largest absolute Gasteiger partial charge is 0.444 e. The van der Waals surface area contributed by atoms with Crippen molar-refractivity contribution in [3.8, 4) is 11.3 Å². The summed E-state index contributed by atoms with van der Waals surface area (Å²) in [5.41, 5.74) is 1.92. The van der Waals surface area contributed by atoms with Crippen LogP contribution in [-0.4, -0.2) is 22.0 Å². The van der Waals surface area contributed by atoms with E-state index in [1.54, 1.807) is 6.20 Å². The molecular weight excluding hydrogens is 276 g/mol. The topological polar surface area (TPSA) is 63.8 Å². The molecule has 2 aromatic heterocycles. The highest BCUT2D eigenvalue weighted by Crippen LogP contribution is 2.27. The van der Waals surface area contributed by atoms with Gasteiger partial charge >= 0.3 is 0 Å². The lowest BCUT2D eigenvalue weighted by Gasteiger charge is -2.10. The van der Waals surface area contributed by atoms with Crippen LogP contribution in [0.3, 0.4) is 0 Å². The quantitative estimate of drug-likeness (QED) is 0.773. The predicted molar refractivity (Wildman–Crippen MR) is 87.7 cm³/mol. The van der Waals surface area contributed by atoms with Crippen molar-refractivity contribution in [2.24, 2.45) is 5.92 Å². The number of fused-ring (bicyclic) bond motifs is 1. The molecule has 0 spiro atoms. The van der Waals surface area contributed by atoms with E-state index in [2.05, 4.69) is 34.1 Å². The summed E-state index contributed by atoms with van der Waals surface area (Å²) in [4.78, 5) is 13.3. The molecule has 1 N–H and O–H groups in total. The molecule has 5 heteroatoms. The third kappa shape index (κ3) is 2.93. The number of aromatic nitrogens is 3. The molecule has 2 heterocycles. The van der Waals surface area contributed by atoms with Crippen molar-refractivity contribution >= 4 is 16.7 Å². The minimum Gasteiger partial charge on any atom is -0.444 e. The standard InChI is InChI=1S/C17H20N4O/c1-11(2)4-7-16-20-14-6-5-12(15-9-19-10-22-15)8-13(14)17(18-3)21-16/h5-6,8-11H,4,7H2,1-3H3,(H,18,20,21). The molecule has 0 atom stereocenters. The average Bonchev–Trinajstić information content (AvgIpc) is 3.06. The number of nitrogens with zero attached hydrogens (tertiary/aromatic N) is 3. The highest BCUT2D eigenvalue weighted by atomic mass is 16.3. The zero-order valence-electron chi connectivity index (χ0n) is 13.1. The molecule has 5 nitrogen and oxygen atoms in total. The number of rotatable bonds is 5. The summed E-state index contributed by atoms with van der Waals surface area (Å²) in [7, 11) is 1.88. The third-order valence-corrected chi connectivity index (χ3v) is 3.64. The van der Waals surface area contributed by atoms with E-state index in [4.69, 9.17) is 4.42 Å². The van der Waals surface area contributed by atoms with Gasteiger partial charge in [0.25, 0.3) is 0 Å². The molecule has 0 bridgehead atoms. The molecule has 0 aliphatic rings. The number of nitrogens with one attached hydrogen (secondary N) is 1. The van der Waals surface area contributed by atoms with Gasteiger partial charge in [-0.2, -0.15) is 0 Å². The van der Waals surface area contributed by atoms with Crippen LogP contribution < -0.4 is 5.32 Å². The SMILES string of the molecule is CNc1nc(CCC(C)C)nc2ccc(-c3cnco3)cc12. The number of oxazole rings is 1. The van der Waals surface area contributed by atoms with Crippen LogP contribution in [0.1, 0.15) is 26.1 Å². The molecule has 0 radical (unpaired) electrons. The van der Waals surface area contributed by atoms with Gasteiger partial charge in [0.15, 0.2) is 12.2 Å². The van der Waals surface area contributed by atoms with E-state index in [1.165, 1.54) is 6.39 Å². The van der Waals surface area contributed by atoms with E-state index in [0.717, 1.165) is 46.7 Å². The van der Waals surface area contributed by atoms with Crippen LogP contribution in [0.5, 0.6) is 0 Å². The first-order chi connectivity index (χ1) is 10.7. The Labute approximate surface area is 129 Å². The first-order valence-electron chi connectivity index (χ1n) is 7.54. The van der Waals surface area contributed by atoms with Crippen molar-refractivity contribution in [3.05, 3.63) is 36.6 Å². The molecule has 0 aliphatic carbocycles. The second kappa shape index (κ2) is 6.13. The molecule has 0 saturated carbocycles. The number of anilines is 1. The summed E-state index contributed by atoms with van der Waals surface area (Å²) < 4.78 is 5.36. The van der Waals surface area contributed by atoms with Crippen molar-refractivity contribution in [1.82, 2.24) is 15.0 Å². The fourth-order valence-corrected chi connectivity index (χ4v) is 2.41. The maximum atomic E-state index is 5.36. The van der Waals surface area contributed by atoms with Crippen LogP contribution in [0.15, 0.2) is 35.2 Å². The maximum Gasteiger partial charge on any atom is 0.181 e. The summed E-state index contributed by atoms with van der Waals surface area (Å²) >= 11 is 0. The van der Waals surface area contributed by atoms with E-state index in [1.807, 2.05) is 25.2 Å². The van der Waals surface area contributed by atoms with Crippen molar-refractivity contribution in [1.29, 1.82) is 0 Å². The Bertz CT molecular complexity index is 766. The monoisotopic (exact) mass is 296 g/mol.